The zero-order chi connectivity index (χ0) is 20.1. The summed E-state index contributed by atoms with van der Waals surface area (Å²) in [6.45, 7) is 1.55. The van der Waals surface area contributed by atoms with Gasteiger partial charge in [-0.2, -0.15) is 13.2 Å². The number of alkyl halides is 3. The van der Waals surface area contributed by atoms with Gasteiger partial charge in [0.15, 0.2) is 0 Å². The Balaban J connectivity index is 1.60. The molecule has 1 atom stereocenters. The Morgan fingerprint density at radius 1 is 1.18 bits per heavy atom. The average molecular weight is 392 g/mol. The minimum absolute atomic E-state index is 0.329. The lowest BCUT2D eigenvalue weighted by molar-refractivity contribution is -0.137. The van der Waals surface area contributed by atoms with Crippen molar-refractivity contribution in [2.24, 2.45) is 0 Å². The van der Waals surface area contributed by atoms with Gasteiger partial charge in [-0.1, -0.05) is 6.07 Å². The standard InChI is InChI=1S/C19H15F3N2O4/c1-10-8-12(19(20,21)22)3-7-16(10)27-13-4-5-14-11(9-13)2-6-15(14)24-17(25)23-18(26)28-24/h3-5,7-9,15H,2,6H2,1H3,(H,23,25,26). The number of hydrogen-bond acceptors (Lipinski definition) is 4. The van der Waals surface area contributed by atoms with Crippen molar-refractivity contribution in [3.8, 4) is 11.5 Å². The number of H-pyrrole nitrogens is 1. The SMILES string of the molecule is Cc1cc(C(F)(F)F)ccc1Oc1ccc2c(c1)CCC2n1oc(=O)[nH]c1=O. The summed E-state index contributed by atoms with van der Waals surface area (Å²) < 4.78 is 50.0. The molecule has 0 aliphatic heterocycles. The molecule has 9 heteroatoms. The van der Waals surface area contributed by atoms with Gasteiger partial charge in [-0.05, 0) is 66.8 Å². The van der Waals surface area contributed by atoms with E-state index in [4.69, 9.17) is 9.26 Å². The van der Waals surface area contributed by atoms with Crippen molar-refractivity contribution in [1.29, 1.82) is 0 Å². The molecule has 0 fully saturated rings. The first-order chi connectivity index (χ1) is 13.2. The van der Waals surface area contributed by atoms with Crippen LogP contribution in [0.2, 0.25) is 0 Å². The molecule has 28 heavy (non-hydrogen) atoms. The van der Waals surface area contributed by atoms with Crippen LogP contribution >= 0.6 is 0 Å². The molecule has 0 saturated carbocycles. The lowest BCUT2D eigenvalue weighted by Gasteiger charge is -2.14. The van der Waals surface area contributed by atoms with E-state index in [2.05, 4.69) is 4.98 Å². The number of aryl methyl sites for hydroxylation is 2. The van der Waals surface area contributed by atoms with Crippen LogP contribution in [0.4, 0.5) is 13.2 Å². The lowest BCUT2D eigenvalue weighted by atomic mass is 10.1. The van der Waals surface area contributed by atoms with E-state index in [9.17, 15) is 22.8 Å². The van der Waals surface area contributed by atoms with E-state index < -0.39 is 23.2 Å². The normalized spacial score (nSPS) is 16.2. The minimum atomic E-state index is -4.41. The quantitative estimate of drug-likeness (QED) is 0.736. The number of fused-ring (bicyclic) bond motifs is 1. The van der Waals surface area contributed by atoms with E-state index in [0.717, 1.165) is 28.0 Å². The number of nitrogens with zero attached hydrogens (tertiary/aromatic N) is 1. The van der Waals surface area contributed by atoms with Crippen LogP contribution in [0.5, 0.6) is 11.5 Å². The molecule has 0 amide bonds. The molecule has 3 aromatic rings. The smallest absolute Gasteiger partial charge is 0.440 e. The average Bonchev–Trinajstić information content (AvgIpc) is 3.17. The number of hydrogen-bond donors (Lipinski definition) is 1. The van der Waals surface area contributed by atoms with Crippen molar-refractivity contribution in [3.63, 3.8) is 0 Å². The van der Waals surface area contributed by atoms with Crippen LogP contribution in [-0.2, 0) is 12.6 Å². The zero-order valence-corrected chi connectivity index (χ0v) is 14.7. The number of aromatic amines is 1. The van der Waals surface area contributed by atoms with E-state index >= 15 is 0 Å². The van der Waals surface area contributed by atoms with Gasteiger partial charge in [-0.3, -0.25) is 0 Å². The highest BCUT2D eigenvalue weighted by Crippen LogP contribution is 2.38. The zero-order valence-electron chi connectivity index (χ0n) is 14.7. The first kappa shape index (κ1) is 18.1. The first-order valence-electron chi connectivity index (χ1n) is 8.53. The van der Waals surface area contributed by atoms with Crippen molar-refractivity contribution >= 4 is 0 Å². The molecule has 4 rings (SSSR count). The van der Waals surface area contributed by atoms with Crippen molar-refractivity contribution < 1.29 is 22.4 Å². The number of nitrogens with one attached hydrogen (secondary N) is 1. The summed E-state index contributed by atoms with van der Waals surface area (Å²) in [6, 6.07) is 8.14. The Bertz CT molecular complexity index is 1160. The molecule has 146 valence electrons. The number of halogens is 3. The Morgan fingerprint density at radius 3 is 2.61 bits per heavy atom. The molecule has 1 N–H and O–H groups in total. The molecule has 1 heterocycles. The van der Waals surface area contributed by atoms with Crippen LogP contribution in [0, 0.1) is 6.92 Å². The van der Waals surface area contributed by atoms with Gasteiger partial charge in [0.05, 0.1) is 11.6 Å². The monoisotopic (exact) mass is 392 g/mol. The van der Waals surface area contributed by atoms with Crippen LogP contribution in [0.3, 0.4) is 0 Å². The molecule has 0 spiro atoms. The highest BCUT2D eigenvalue weighted by molar-refractivity contribution is 5.45. The van der Waals surface area contributed by atoms with Crippen molar-refractivity contribution in [2.75, 3.05) is 0 Å². The van der Waals surface area contributed by atoms with Crippen molar-refractivity contribution in [1.82, 2.24) is 9.72 Å². The summed E-state index contributed by atoms with van der Waals surface area (Å²) in [5, 5.41) is 0. The van der Waals surface area contributed by atoms with E-state index in [1.165, 1.54) is 6.07 Å². The fourth-order valence-electron chi connectivity index (χ4n) is 3.45. The maximum atomic E-state index is 12.8. The fraction of sp³-hybridized carbons (Fsp3) is 0.263. The third kappa shape index (κ3) is 3.23. The molecule has 1 aliphatic rings. The summed E-state index contributed by atoms with van der Waals surface area (Å²) in [5.74, 6) is -0.00310. The van der Waals surface area contributed by atoms with Gasteiger partial charge < -0.3 is 9.26 Å². The predicted molar refractivity (Wildman–Crippen MR) is 92.7 cm³/mol. The third-order valence-corrected chi connectivity index (χ3v) is 4.76. The molecule has 0 saturated heterocycles. The molecular formula is C19H15F3N2O4. The second-order valence-corrected chi connectivity index (χ2v) is 6.63. The molecule has 0 radical (unpaired) electrons. The topological polar surface area (TPSA) is 77.2 Å². The molecule has 1 aromatic heterocycles. The minimum Gasteiger partial charge on any atom is -0.457 e. The van der Waals surface area contributed by atoms with Crippen molar-refractivity contribution in [2.45, 2.75) is 32.0 Å². The number of benzene rings is 2. The maximum absolute atomic E-state index is 12.8. The van der Waals surface area contributed by atoms with E-state index in [1.807, 2.05) is 0 Å². The second kappa shape index (κ2) is 6.43. The van der Waals surface area contributed by atoms with E-state index in [-0.39, 0.29) is 6.04 Å². The van der Waals surface area contributed by atoms with Gasteiger partial charge in [-0.15, -0.1) is 4.74 Å². The van der Waals surface area contributed by atoms with Crippen LogP contribution in [-0.4, -0.2) is 9.72 Å². The molecule has 0 bridgehead atoms. The van der Waals surface area contributed by atoms with Crippen LogP contribution in [0.1, 0.15) is 34.7 Å². The van der Waals surface area contributed by atoms with Crippen LogP contribution in [0.25, 0.3) is 0 Å². The molecule has 1 unspecified atom stereocenters. The molecule has 1 aliphatic carbocycles. The first-order valence-corrected chi connectivity index (χ1v) is 8.53. The Morgan fingerprint density at radius 2 is 1.96 bits per heavy atom. The van der Waals surface area contributed by atoms with Crippen LogP contribution in [0.15, 0.2) is 50.5 Å². The van der Waals surface area contributed by atoms with Gasteiger partial charge >= 0.3 is 17.6 Å². The maximum Gasteiger partial charge on any atom is 0.440 e. The van der Waals surface area contributed by atoms with Gasteiger partial charge in [-0.25, -0.2) is 14.6 Å². The summed E-state index contributed by atoms with van der Waals surface area (Å²) in [7, 11) is 0. The number of aromatic nitrogens is 2. The van der Waals surface area contributed by atoms with Gasteiger partial charge in [0.1, 0.15) is 11.5 Å². The summed E-state index contributed by atoms with van der Waals surface area (Å²) >= 11 is 0. The van der Waals surface area contributed by atoms with E-state index in [0.29, 0.717) is 29.9 Å². The Kier molecular flexibility index (Phi) is 4.17. The summed E-state index contributed by atoms with van der Waals surface area (Å²) in [4.78, 5) is 25.1. The highest BCUT2D eigenvalue weighted by Gasteiger charge is 2.31. The lowest BCUT2D eigenvalue weighted by Crippen LogP contribution is -2.21. The second-order valence-electron chi connectivity index (χ2n) is 6.63. The molecular weight excluding hydrogens is 377 g/mol. The highest BCUT2D eigenvalue weighted by atomic mass is 19.4. The van der Waals surface area contributed by atoms with Gasteiger partial charge in [0, 0.05) is 0 Å². The Hall–Kier alpha value is -3.23. The van der Waals surface area contributed by atoms with E-state index in [1.54, 1.807) is 25.1 Å². The number of rotatable bonds is 3. The predicted octanol–water partition coefficient (Wildman–Crippen LogP) is 3.78. The largest absolute Gasteiger partial charge is 0.457 e. The molecule has 6 nitrogen and oxygen atoms in total. The Labute approximate surface area is 156 Å². The number of ether oxygens (including phenoxy) is 1. The van der Waals surface area contributed by atoms with Crippen LogP contribution < -0.4 is 16.2 Å². The summed E-state index contributed by atoms with van der Waals surface area (Å²) in [6.07, 6.45) is -3.18. The third-order valence-electron chi connectivity index (χ3n) is 4.76. The fourth-order valence-corrected chi connectivity index (χ4v) is 3.45. The molecule has 2 aromatic carbocycles. The van der Waals surface area contributed by atoms with Gasteiger partial charge in [0.25, 0.3) is 0 Å². The van der Waals surface area contributed by atoms with Crippen molar-refractivity contribution in [3.05, 3.63) is 79.7 Å². The van der Waals surface area contributed by atoms with Gasteiger partial charge in [0.2, 0.25) is 0 Å². The summed E-state index contributed by atoms with van der Waals surface area (Å²) in [5.41, 5.74) is 0.786.